The number of hydrogen-bond donors (Lipinski definition) is 1. The smallest absolute Gasteiger partial charge is 0.289 e. The van der Waals surface area contributed by atoms with Crippen molar-refractivity contribution in [3.05, 3.63) is 83.0 Å². The standard InChI is InChI=1S/C21H16N2O2S/c1-14-7-9-16(10-8-14)22-20-19(26-21(24)23-20)13-17-11-12-18(25-17)15-5-3-2-4-6-15/h2-13H,1H3,(H,22,23,24). The van der Waals surface area contributed by atoms with Crippen molar-refractivity contribution in [1.82, 2.24) is 5.32 Å². The Morgan fingerprint density at radius 2 is 1.77 bits per heavy atom. The molecule has 128 valence electrons. The summed E-state index contributed by atoms with van der Waals surface area (Å²) in [6, 6.07) is 21.5. The highest BCUT2D eigenvalue weighted by atomic mass is 32.2. The van der Waals surface area contributed by atoms with E-state index in [0.29, 0.717) is 11.6 Å². The predicted molar refractivity (Wildman–Crippen MR) is 107 cm³/mol. The maximum absolute atomic E-state index is 11.8. The van der Waals surface area contributed by atoms with Crippen LogP contribution in [0.5, 0.6) is 0 Å². The number of hydrogen-bond acceptors (Lipinski definition) is 4. The van der Waals surface area contributed by atoms with Crippen molar-refractivity contribution in [1.29, 1.82) is 0 Å². The number of aliphatic imine (C=N–C) groups is 1. The lowest BCUT2D eigenvalue weighted by atomic mass is 10.2. The Bertz CT molecular complexity index is 1000. The van der Waals surface area contributed by atoms with Crippen molar-refractivity contribution in [2.45, 2.75) is 6.92 Å². The fourth-order valence-corrected chi connectivity index (χ4v) is 3.29. The Kier molecular flexibility index (Phi) is 4.46. The van der Waals surface area contributed by atoms with Crippen LogP contribution in [0.15, 0.2) is 81.0 Å². The van der Waals surface area contributed by atoms with Crippen LogP contribution in [-0.4, -0.2) is 11.1 Å². The van der Waals surface area contributed by atoms with Crippen molar-refractivity contribution < 1.29 is 9.21 Å². The highest BCUT2D eigenvalue weighted by Crippen LogP contribution is 2.30. The second-order valence-electron chi connectivity index (χ2n) is 5.89. The Morgan fingerprint density at radius 3 is 2.54 bits per heavy atom. The molecule has 1 aliphatic rings. The molecule has 4 nitrogen and oxygen atoms in total. The van der Waals surface area contributed by atoms with E-state index in [1.54, 1.807) is 0 Å². The first-order valence-electron chi connectivity index (χ1n) is 8.19. The first kappa shape index (κ1) is 16.4. The van der Waals surface area contributed by atoms with Gasteiger partial charge >= 0.3 is 0 Å². The van der Waals surface area contributed by atoms with Crippen LogP contribution >= 0.6 is 11.8 Å². The number of carbonyl (C=O) groups excluding carboxylic acids is 1. The fourth-order valence-electron chi connectivity index (χ4n) is 2.58. The Balaban J connectivity index is 1.64. The summed E-state index contributed by atoms with van der Waals surface area (Å²) in [6.45, 7) is 2.02. The van der Waals surface area contributed by atoms with Gasteiger partial charge in [-0.25, -0.2) is 4.99 Å². The molecule has 1 fully saturated rings. The normalized spacial score (nSPS) is 17.0. The molecular formula is C21H16N2O2S. The molecule has 3 aromatic rings. The molecule has 1 saturated heterocycles. The zero-order chi connectivity index (χ0) is 17.9. The molecule has 0 unspecified atom stereocenters. The molecule has 1 N–H and O–H groups in total. The molecule has 0 bridgehead atoms. The van der Waals surface area contributed by atoms with Gasteiger partial charge in [-0.1, -0.05) is 48.0 Å². The van der Waals surface area contributed by atoms with Gasteiger partial charge in [0.15, 0.2) is 0 Å². The number of benzene rings is 2. The topological polar surface area (TPSA) is 54.6 Å². The van der Waals surface area contributed by atoms with E-state index in [9.17, 15) is 4.79 Å². The van der Waals surface area contributed by atoms with E-state index in [0.717, 1.165) is 33.7 Å². The zero-order valence-corrected chi connectivity index (χ0v) is 14.9. The first-order valence-corrected chi connectivity index (χ1v) is 9.00. The van der Waals surface area contributed by atoms with E-state index in [1.807, 2.05) is 79.7 Å². The van der Waals surface area contributed by atoms with Crippen molar-refractivity contribution in [3.63, 3.8) is 0 Å². The van der Waals surface area contributed by atoms with Gasteiger partial charge in [-0.15, -0.1) is 0 Å². The first-order chi connectivity index (χ1) is 12.7. The SMILES string of the molecule is Cc1ccc(N=C2NC(=O)SC2=Cc2ccc(-c3ccccc3)o2)cc1. The second-order valence-corrected chi connectivity index (χ2v) is 6.90. The summed E-state index contributed by atoms with van der Waals surface area (Å²) < 4.78 is 5.90. The highest BCUT2D eigenvalue weighted by Gasteiger charge is 2.24. The van der Waals surface area contributed by atoms with Gasteiger partial charge in [-0.05, 0) is 49.0 Å². The van der Waals surface area contributed by atoms with Gasteiger partial charge in [0.2, 0.25) is 0 Å². The Morgan fingerprint density at radius 1 is 1.00 bits per heavy atom. The third kappa shape index (κ3) is 3.63. The number of nitrogens with one attached hydrogen (secondary N) is 1. The third-order valence-electron chi connectivity index (χ3n) is 3.89. The van der Waals surface area contributed by atoms with Gasteiger partial charge in [0.05, 0.1) is 10.6 Å². The molecule has 1 aromatic heterocycles. The Labute approximate surface area is 155 Å². The average molecular weight is 360 g/mol. The van der Waals surface area contributed by atoms with Crippen molar-refractivity contribution in [2.24, 2.45) is 4.99 Å². The fraction of sp³-hybridized carbons (Fsp3) is 0.0476. The van der Waals surface area contributed by atoms with E-state index >= 15 is 0 Å². The van der Waals surface area contributed by atoms with Crippen LogP contribution in [0.2, 0.25) is 0 Å². The lowest BCUT2D eigenvalue weighted by Crippen LogP contribution is -2.18. The number of aryl methyl sites for hydroxylation is 1. The summed E-state index contributed by atoms with van der Waals surface area (Å²) in [6.07, 6.45) is 1.84. The van der Waals surface area contributed by atoms with Crippen LogP contribution in [0.25, 0.3) is 17.4 Å². The third-order valence-corrected chi connectivity index (χ3v) is 4.71. The lowest BCUT2D eigenvalue weighted by molar-refractivity contribution is 0.265. The monoisotopic (exact) mass is 360 g/mol. The average Bonchev–Trinajstić information content (AvgIpc) is 3.25. The molecule has 5 heteroatoms. The number of nitrogens with zero attached hydrogens (tertiary/aromatic N) is 1. The van der Waals surface area contributed by atoms with Crippen LogP contribution in [0.1, 0.15) is 11.3 Å². The summed E-state index contributed by atoms with van der Waals surface area (Å²) in [5, 5.41) is 2.65. The Hall–Kier alpha value is -3.05. The van der Waals surface area contributed by atoms with E-state index in [4.69, 9.17) is 4.42 Å². The molecule has 1 aliphatic heterocycles. The summed E-state index contributed by atoms with van der Waals surface area (Å²) in [5.74, 6) is 2.01. The summed E-state index contributed by atoms with van der Waals surface area (Å²) in [5.41, 5.74) is 2.97. The summed E-state index contributed by atoms with van der Waals surface area (Å²) in [7, 11) is 0. The second kappa shape index (κ2) is 7.06. The largest absolute Gasteiger partial charge is 0.457 e. The van der Waals surface area contributed by atoms with Gasteiger partial charge in [0, 0.05) is 5.56 Å². The molecule has 0 spiro atoms. The quantitative estimate of drug-likeness (QED) is 0.644. The van der Waals surface area contributed by atoms with Crippen molar-refractivity contribution >= 4 is 34.6 Å². The molecule has 4 rings (SSSR count). The molecule has 0 saturated carbocycles. The molecule has 2 aromatic carbocycles. The van der Waals surface area contributed by atoms with Gasteiger partial charge in [-0.2, -0.15) is 0 Å². The van der Waals surface area contributed by atoms with Crippen LogP contribution in [-0.2, 0) is 0 Å². The number of rotatable bonds is 3. The minimum Gasteiger partial charge on any atom is -0.457 e. The van der Waals surface area contributed by atoms with Gasteiger partial charge < -0.3 is 9.73 Å². The van der Waals surface area contributed by atoms with Crippen LogP contribution < -0.4 is 5.32 Å². The van der Waals surface area contributed by atoms with E-state index in [-0.39, 0.29) is 5.24 Å². The molecule has 0 radical (unpaired) electrons. The number of carbonyl (C=O) groups is 1. The van der Waals surface area contributed by atoms with Gasteiger partial charge in [0.1, 0.15) is 17.4 Å². The van der Waals surface area contributed by atoms with Gasteiger partial charge in [-0.3, -0.25) is 4.79 Å². The van der Waals surface area contributed by atoms with Gasteiger partial charge in [0.25, 0.3) is 5.24 Å². The maximum Gasteiger partial charge on any atom is 0.289 e. The molecule has 1 amide bonds. The minimum atomic E-state index is -0.142. The van der Waals surface area contributed by atoms with Crippen molar-refractivity contribution in [3.8, 4) is 11.3 Å². The van der Waals surface area contributed by atoms with Crippen molar-refractivity contribution in [2.75, 3.05) is 0 Å². The number of furan rings is 1. The van der Waals surface area contributed by atoms with Crippen LogP contribution in [0.3, 0.4) is 0 Å². The number of amides is 1. The van der Waals surface area contributed by atoms with E-state index in [2.05, 4.69) is 10.3 Å². The number of thioether (sulfide) groups is 1. The molecule has 0 aliphatic carbocycles. The summed E-state index contributed by atoms with van der Waals surface area (Å²) >= 11 is 1.12. The lowest BCUT2D eigenvalue weighted by Gasteiger charge is -2.00. The zero-order valence-electron chi connectivity index (χ0n) is 14.1. The molecule has 0 atom stereocenters. The van der Waals surface area contributed by atoms with Crippen LogP contribution in [0.4, 0.5) is 10.5 Å². The number of amidine groups is 1. The van der Waals surface area contributed by atoms with E-state index in [1.165, 1.54) is 5.56 Å². The minimum absolute atomic E-state index is 0.142. The summed E-state index contributed by atoms with van der Waals surface area (Å²) in [4.78, 5) is 17.1. The predicted octanol–water partition coefficient (Wildman–Crippen LogP) is 5.78. The molecule has 2 heterocycles. The molecular weight excluding hydrogens is 344 g/mol. The maximum atomic E-state index is 11.8. The highest BCUT2D eigenvalue weighted by molar-refractivity contribution is 8.18. The molecule has 26 heavy (non-hydrogen) atoms. The van der Waals surface area contributed by atoms with Crippen LogP contribution in [0, 0.1) is 6.92 Å². The van der Waals surface area contributed by atoms with E-state index < -0.39 is 0 Å².